The van der Waals surface area contributed by atoms with Gasteiger partial charge in [0.1, 0.15) is 0 Å². The van der Waals surface area contributed by atoms with Gasteiger partial charge in [-0.1, -0.05) is 601 Å². The summed E-state index contributed by atoms with van der Waals surface area (Å²) in [4.78, 5) is 0. The fourth-order valence-corrected chi connectivity index (χ4v) is 68.0. The van der Waals surface area contributed by atoms with Crippen molar-refractivity contribution in [3.05, 3.63) is 0 Å². The lowest BCUT2D eigenvalue weighted by Crippen LogP contribution is -2.33. The molecule has 114 heavy (non-hydrogen) atoms. The highest BCUT2D eigenvalue weighted by Gasteiger charge is 2.37. The molecule has 0 saturated carbocycles. The average Bonchev–Trinajstić information content (AvgIpc) is 0.947. The first kappa shape index (κ1) is 131. The Morgan fingerprint density at radius 3 is 0.149 bits per heavy atom. The van der Waals surface area contributed by atoms with Crippen LogP contribution in [0.5, 0.6) is 0 Å². The summed E-state index contributed by atoms with van der Waals surface area (Å²) in [7, 11) is 0. The lowest BCUT2D eigenvalue weighted by molar-refractivity contribution is 0.505. The van der Waals surface area contributed by atoms with Crippen molar-refractivity contribution in [2.24, 2.45) is 142 Å². The standard InChI is InChI=1S/24C4H9.12Al.6O/c24*1-4(2)3;;;;;;;;;;;;;;;;;;/h24*4H,1H2,2-3H3;;;;;;;;;;;;;;;;;;. The van der Waals surface area contributed by atoms with E-state index in [1.165, 1.54) is 127 Å². The first-order valence-corrected chi connectivity index (χ1v) is 75.4. The quantitative estimate of drug-likeness (QED) is 0.0566. The van der Waals surface area contributed by atoms with Crippen LogP contribution in [0.25, 0.3) is 0 Å². The van der Waals surface area contributed by atoms with Crippen LogP contribution in [0.3, 0.4) is 0 Å². The summed E-state index contributed by atoms with van der Waals surface area (Å²) in [5, 5.41) is 32.9. The molecule has 672 valence electrons. The second-order valence-electron chi connectivity index (χ2n) is 47.4. The summed E-state index contributed by atoms with van der Waals surface area (Å²) >= 11 is -11.6. The fraction of sp³-hybridized carbons (Fsp3) is 1.00. The van der Waals surface area contributed by atoms with Gasteiger partial charge in [0.15, 0.2) is 0 Å². The van der Waals surface area contributed by atoms with Crippen molar-refractivity contribution >= 4 is 174 Å². The predicted molar refractivity (Wildman–Crippen MR) is 547 cm³/mol. The van der Waals surface area contributed by atoms with E-state index in [4.69, 9.17) is 17.0 Å². The molecule has 0 amide bonds. The lowest BCUT2D eigenvalue weighted by atomic mass is 10.3. The van der Waals surface area contributed by atoms with Crippen molar-refractivity contribution in [3.63, 3.8) is 0 Å². The van der Waals surface area contributed by atoms with Crippen molar-refractivity contribution in [3.8, 4) is 0 Å². The molecule has 0 atom stereocenters. The maximum absolute atomic E-state index is 6.77. The largest absolute Gasteiger partial charge is 0.636 e. The van der Waals surface area contributed by atoms with Crippen LogP contribution in [0, 0.1) is 142 Å². The maximum Gasteiger partial charge on any atom is 0.430 e. The Morgan fingerprint density at radius 1 is 0.0877 bits per heavy atom. The summed E-state index contributed by atoms with van der Waals surface area (Å²) in [5.74, 6) is 19.4. The van der Waals surface area contributed by atoms with Crippen LogP contribution < -0.4 is 0 Å². The van der Waals surface area contributed by atoms with Gasteiger partial charge in [0.2, 0.25) is 0 Å². The molecule has 0 bridgehead atoms. The Labute approximate surface area is 782 Å². The van der Waals surface area contributed by atoms with Crippen molar-refractivity contribution in [2.45, 2.75) is 459 Å². The Bertz CT molecular complexity index is 1390. The smallest absolute Gasteiger partial charge is 0.430 e. The van der Waals surface area contributed by atoms with Gasteiger partial charge >= 0.3 is 174 Å². The highest BCUT2D eigenvalue weighted by Crippen LogP contribution is 2.30. The molecule has 0 rings (SSSR count). The molecule has 0 spiro atoms. The molecule has 0 N–H and O–H groups in total. The number of hydrogen-bond acceptors (Lipinski definition) is 6. The SMILES string of the molecule is CC(C)[CH2][Al]([CH2]C(C)C)[O][Al]([CH2]C(C)C)[CH2]C(C)C.CC(C)[CH2][Al]([CH2]C(C)C)[O][Al]([CH2]C(C)C)[CH2]C(C)C.CC(C)[CH2][Al]([CH2]C(C)C)[O][Al]([CH2]C(C)C)[CH2]C(C)C.CC(C)[CH2][Al]([CH2]C(C)C)[O][Al]([CH2]C(C)C)[CH2]C(C)C.CC(C)[CH2][Al]([CH2]C(C)C)[O][Al]([CH2]C(C)C)[CH2]C(C)C.CC(C)[CH2][Al]([CH2]C(C)C)[O][Al]([CH2]C(C)C)[CH2]C(C)C. The third-order valence-electron chi connectivity index (χ3n) is 19.9. The highest BCUT2D eigenvalue weighted by molar-refractivity contribution is 6.69. The van der Waals surface area contributed by atoms with Crippen molar-refractivity contribution in [1.29, 1.82) is 0 Å². The highest BCUT2D eigenvalue weighted by atomic mass is 27.3. The fourth-order valence-electron chi connectivity index (χ4n) is 16.7. The molecule has 18 heteroatoms. The third-order valence-corrected chi connectivity index (χ3v) is 73.7. The molecule has 0 unspecified atom stereocenters. The molecule has 0 fully saturated rings. The van der Waals surface area contributed by atoms with Crippen LogP contribution in [-0.2, 0) is 17.0 Å². The third kappa shape index (κ3) is 102. The van der Waals surface area contributed by atoms with E-state index in [0.29, 0.717) is 0 Å². The minimum Gasteiger partial charge on any atom is -0.636 e. The van der Waals surface area contributed by atoms with E-state index in [0.717, 1.165) is 142 Å². The molecule has 0 aromatic carbocycles. The molecular formula is C96H216Al12O6. The Balaban J connectivity index is -0.000000307. The van der Waals surface area contributed by atoms with Gasteiger partial charge in [0.05, 0.1) is 0 Å². The predicted octanol–water partition coefficient (Wildman–Crippen LogP) is 33.7. The summed E-state index contributed by atoms with van der Waals surface area (Å²) in [6.07, 6.45) is 0. The normalized spacial score (nSPS) is 12.0. The minimum absolute atomic E-state index is 0.808. The van der Waals surface area contributed by atoms with Crippen LogP contribution in [0.4, 0.5) is 0 Å². The second kappa shape index (κ2) is 80.0. The van der Waals surface area contributed by atoms with Crippen LogP contribution >= 0.6 is 0 Å². The minimum atomic E-state index is -0.963. The number of hydrogen-bond donors (Lipinski definition) is 0. The average molecular weight is 1790 g/mol. The zero-order valence-electron chi connectivity index (χ0n) is 88.2. The van der Waals surface area contributed by atoms with Crippen molar-refractivity contribution in [1.82, 2.24) is 0 Å². The molecule has 0 aromatic rings. The topological polar surface area (TPSA) is 55.4 Å². The lowest BCUT2D eigenvalue weighted by Gasteiger charge is -2.25. The summed E-state index contributed by atoms with van der Waals surface area (Å²) in [6, 6.07) is 0. The number of rotatable bonds is 60. The molecule has 0 aliphatic heterocycles. The van der Waals surface area contributed by atoms with Gasteiger partial charge in [-0.3, -0.25) is 0 Å². The Kier molecular flexibility index (Phi) is 91.9. The van der Waals surface area contributed by atoms with Gasteiger partial charge < -0.3 is 17.0 Å². The zero-order valence-corrected chi connectivity index (χ0v) is 102. The summed E-state index contributed by atoms with van der Waals surface area (Å²) in [5.41, 5.74) is 0. The second-order valence-corrected chi connectivity index (χ2v) is 80.2. The van der Waals surface area contributed by atoms with Crippen LogP contribution in [-0.4, -0.2) is 174 Å². The van der Waals surface area contributed by atoms with E-state index in [2.05, 4.69) is 332 Å². The van der Waals surface area contributed by atoms with E-state index in [1.54, 1.807) is 0 Å². The summed E-state index contributed by atoms with van der Waals surface area (Å²) < 4.78 is 40.6. The summed E-state index contributed by atoms with van der Waals surface area (Å²) in [6.45, 7) is 113. The Morgan fingerprint density at radius 2 is 0.123 bits per heavy atom. The maximum atomic E-state index is 6.77. The van der Waals surface area contributed by atoms with Gasteiger partial charge in [0, 0.05) is 0 Å². The van der Waals surface area contributed by atoms with Crippen LogP contribution in [0.15, 0.2) is 0 Å². The van der Waals surface area contributed by atoms with E-state index in [1.807, 2.05) is 0 Å². The molecule has 0 heterocycles. The van der Waals surface area contributed by atoms with Gasteiger partial charge in [-0.05, 0) is 0 Å². The van der Waals surface area contributed by atoms with E-state index in [-0.39, 0.29) is 0 Å². The zero-order chi connectivity index (χ0) is 90.0. The first-order chi connectivity index (χ1) is 52.2. The molecule has 0 aliphatic carbocycles. The first-order valence-electron chi connectivity index (χ1n) is 50.1. The Hall–Kier alpha value is 6.15. The van der Waals surface area contributed by atoms with Gasteiger partial charge in [-0.15, -0.1) is 0 Å². The molecule has 0 saturated heterocycles. The van der Waals surface area contributed by atoms with Gasteiger partial charge in [-0.25, -0.2) is 0 Å². The molecular weight excluding hydrogens is 1570 g/mol. The van der Waals surface area contributed by atoms with E-state index < -0.39 is 174 Å². The van der Waals surface area contributed by atoms with E-state index in [9.17, 15) is 0 Å². The van der Waals surface area contributed by atoms with E-state index >= 15 is 0 Å². The van der Waals surface area contributed by atoms with Gasteiger partial charge in [0.25, 0.3) is 0 Å². The van der Waals surface area contributed by atoms with Crippen molar-refractivity contribution < 1.29 is 17.0 Å². The van der Waals surface area contributed by atoms with Crippen LogP contribution in [0.1, 0.15) is 332 Å². The van der Waals surface area contributed by atoms with Crippen molar-refractivity contribution in [2.75, 3.05) is 0 Å². The monoisotopic (exact) mass is 1790 g/mol. The van der Waals surface area contributed by atoms with Gasteiger partial charge in [-0.2, -0.15) is 0 Å². The molecule has 6 nitrogen and oxygen atoms in total. The van der Waals surface area contributed by atoms with Crippen LogP contribution in [0.2, 0.25) is 127 Å². The molecule has 0 aromatic heterocycles. The molecule has 0 radical (unpaired) electrons. The molecule has 0 aliphatic rings.